The van der Waals surface area contributed by atoms with Crippen molar-refractivity contribution in [2.24, 2.45) is 7.05 Å². The SMILES string of the molecule is Cn1cccc1C(=O)N1Cc2ccccc2C(C(=O)O)C1. The Kier molecular flexibility index (Phi) is 3.25. The lowest BCUT2D eigenvalue weighted by atomic mass is 9.89. The van der Waals surface area contributed by atoms with Crippen molar-refractivity contribution in [3.8, 4) is 0 Å². The molecule has 1 atom stereocenters. The van der Waals surface area contributed by atoms with Crippen LogP contribution < -0.4 is 0 Å². The predicted octanol–water partition coefficient (Wildman–Crippen LogP) is 1.85. The zero-order chi connectivity index (χ0) is 15.0. The molecule has 0 fully saturated rings. The number of carbonyl (C=O) groups is 2. The quantitative estimate of drug-likeness (QED) is 0.915. The molecule has 21 heavy (non-hydrogen) atoms. The van der Waals surface area contributed by atoms with E-state index in [0.29, 0.717) is 12.2 Å². The standard InChI is InChI=1S/C16H16N2O3/c1-17-8-4-7-14(17)15(19)18-9-11-5-2-3-6-12(11)13(10-18)16(20)21/h2-8,13H,9-10H2,1H3,(H,20,21). The highest BCUT2D eigenvalue weighted by Gasteiger charge is 2.33. The number of aryl methyl sites for hydroxylation is 1. The number of nitrogens with zero attached hydrogens (tertiary/aromatic N) is 2. The molecule has 5 nitrogen and oxygen atoms in total. The molecule has 1 aliphatic rings. The highest BCUT2D eigenvalue weighted by Crippen LogP contribution is 2.29. The van der Waals surface area contributed by atoms with E-state index in [2.05, 4.69) is 0 Å². The molecule has 0 aliphatic carbocycles. The van der Waals surface area contributed by atoms with E-state index in [1.165, 1.54) is 0 Å². The second-order valence-corrected chi connectivity index (χ2v) is 5.28. The van der Waals surface area contributed by atoms with Crippen molar-refractivity contribution < 1.29 is 14.7 Å². The van der Waals surface area contributed by atoms with E-state index < -0.39 is 11.9 Å². The lowest BCUT2D eigenvalue weighted by Gasteiger charge is -2.32. The van der Waals surface area contributed by atoms with Gasteiger partial charge in [0.15, 0.2) is 0 Å². The average Bonchev–Trinajstić information content (AvgIpc) is 2.91. The number of amides is 1. The normalized spacial score (nSPS) is 17.4. The zero-order valence-electron chi connectivity index (χ0n) is 11.7. The maximum atomic E-state index is 12.6. The van der Waals surface area contributed by atoms with Gasteiger partial charge in [-0.2, -0.15) is 0 Å². The van der Waals surface area contributed by atoms with Crippen LogP contribution in [0, 0.1) is 0 Å². The summed E-state index contributed by atoms with van der Waals surface area (Å²) >= 11 is 0. The van der Waals surface area contributed by atoms with Crippen molar-refractivity contribution in [3.05, 3.63) is 59.4 Å². The lowest BCUT2D eigenvalue weighted by Crippen LogP contribution is -2.41. The second-order valence-electron chi connectivity index (χ2n) is 5.28. The summed E-state index contributed by atoms with van der Waals surface area (Å²) in [6, 6.07) is 11.0. The van der Waals surface area contributed by atoms with Crippen LogP contribution in [-0.2, 0) is 18.4 Å². The fraction of sp³-hybridized carbons (Fsp3) is 0.250. The molecule has 1 aromatic heterocycles. The van der Waals surface area contributed by atoms with Gasteiger partial charge in [-0.05, 0) is 23.3 Å². The molecule has 0 spiro atoms. The third kappa shape index (κ3) is 2.31. The molecule has 5 heteroatoms. The fourth-order valence-corrected chi connectivity index (χ4v) is 2.82. The molecule has 2 heterocycles. The van der Waals surface area contributed by atoms with Crippen LogP contribution in [0.2, 0.25) is 0 Å². The minimum absolute atomic E-state index is 0.136. The summed E-state index contributed by atoms with van der Waals surface area (Å²) in [6.45, 7) is 0.653. The summed E-state index contributed by atoms with van der Waals surface area (Å²) in [5, 5.41) is 9.43. The number of hydrogen-bond donors (Lipinski definition) is 1. The first-order chi connectivity index (χ1) is 10.1. The highest BCUT2D eigenvalue weighted by molar-refractivity contribution is 5.93. The van der Waals surface area contributed by atoms with Crippen LogP contribution in [0.3, 0.4) is 0 Å². The number of carbonyl (C=O) groups excluding carboxylic acids is 1. The molecule has 0 bridgehead atoms. The van der Waals surface area contributed by atoms with E-state index in [0.717, 1.165) is 11.1 Å². The molecule has 0 saturated heterocycles. The number of aliphatic carboxylic acids is 1. The van der Waals surface area contributed by atoms with Gasteiger partial charge < -0.3 is 14.6 Å². The molecule has 0 radical (unpaired) electrons. The Morgan fingerprint density at radius 3 is 2.62 bits per heavy atom. The Balaban J connectivity index is 1.95. The molecular weight excluding hydrogens is 268 g/mol. The second kappa shape index (κ2) is 5.09. The molecule has 1 amide bonds. The van der Waals surface area contributed by atoms with Crippen molar-refractivity contribution >= 4 is 11.9 Å². The minimum atomic E-state index is -0.896. The smallest absolute Gasteiger partial charge is 0.312 e. The summed E-state index contributed by atoms with van der Waals surface area (Å²) in [7, 11) is 1.81. The van der Waals surface area contributed by atoms with Crippen molar-refractivity contribution in [2.45, 2.75) is 12.5 Å². The summed E-state index contributed by atoms with van der Waals surface area (Å²) in [5.74, 6) is -1.70. The molecule has 2 aromatic rings. The van der Waals surface area contributed by atoms with Crippen LogP contribution in [-0.4, -0.2) is 33.0 Å². The summed E-state index contributed by atoms with van der Waals surface area (Å²) in [5.41, 5.74) is 2.28. The number of rotatable bonds is 2. The first-order valence-corrected chi connectivity index (χ1v) is 6.79. The van der Waals surface area contributed by atoms with Gasteiger partial charge in [0, 0.05) is 26.3 Å². The van der Waals surface area contributed by atoms with Crippen molar-refractivity contribution in [1.82, 2.24) is 9.47 Å². The van der Waals surface area contributed by atoms with E-state index in [1.54, 1.807) is 34.8 Å². The van der Waals surface area contributed by atoms with E-state index in [9.17, 15) is 14.7 Å². The van der Waals surface area contributed by atoms with Gasteiger partial charge in [0.2, 0.25) is 0 Å². The van der Waals surface area contributed by atoms with Crippen LogP contribution >= 0.6 is 0 Å². The molecule has 1 aliphatic heterocycles. The zero-order valence-corrected chi connectivity index (χ0v) is 11.7. The van der Waals surface area contributed by atoms with Gasteiger partial charge in [-0.25, -0.2) is 0 Å². The van der Waals surface area contributed by atoms with Crippen LogP contribution in [0.4, 0.5) is 0 Å². The van der Waals surface area contributed by atoms with Gasteiger partial charge in [0.25, 0.3) is 5.91 Å². The number of fused-ring (bicyclic) bond motifs is 1. The Morgan fingerprint density at radius 1 is 1.19 bits per heavy atom. The Morgan fingerprint density at radius 2 is 1.95 bits per heavy atom. The lowest BCUT2D eigenvalue weighted by molar-refractivity contribution is -0.139. The number of carboxylic acids is 1. The summed E-state index contributed by atoms with van der Waals surface area (Å²) in [6.07, 6.45) is 1.81. The predicted molar refractivity (Wildman–Crippen MR) is 77.0 cm³/mol. The monoisotopic (exact) mass is 284 g/mol. The number of benzene rings is 1. The van der Waals surface area contributed by atoms with E-state index in [4.69, 9.17) is 0 Å². The molecule has 0 saturated carbocycles. The van der Waals surface area contributed by atoms with Gasteiger partial charge in [-0.3, -0.25) is 9.59 Å². The summed E-state index contributed by atoms with van der Waals surface area (Å²) < 4.78 is 1.75. The van der Waals surface area contributed by atoms with Crippen LogP contribution in [0.5, 0.6) is 0 Å². The van der Waals surface area contributed by atoms with Gasteiger partial charge in [0.1, 0.15) is 5.69 Å². The number of aromatic nitrogens is 1. The maximum absolute atomic E-state index is 12.6. The Bertz CT molecular complexity index is 705. The van der Waals surface area contributed by atoms with Crippen LogP contribution in [0.1, 0.15) is 27.5 Å². The largest absolute Gasteiger partial charge is 0.481 e. The first kappa shape index (κ1) is 13.4. The molecule has 108 valence electrons. The Labute approximate surface area is 122 Å². The van der Waals surface area contributed by atoms with E-state index in [1.807, 2.05) is 24.3 Å². The van der Waals surface area contributed by atoms with Crippen LogP contribution in [0.15, 0.2) is 42.6 Å². The van der Waals surface area contributed by atoms with Crippen molar-refractivity contribution in [2.75, 3.05) is 6.54 Å². The third-order valence-corrected chi connectivity index (χ3v) is 3.94. The third-order valence-electron chi connectivity index (χ3n) is 3.94. The molecule has 1 unspecified atom stereocenters. The van der Waals surface area contributed by atoms with Crippen molar-refractivity contribution in [3.63, 3.8) is 0 Å². The Hall–Kier alpha value is -2.56. The first-order valence-electron chi connectivity index (χ1n) is 6.79. The minimum Gasteiger partial charge on any atom is -0.481 e. The van der Waals surface area contributed by atoms with Gasteiger partial charge in [-0.1, -0.05) is 24.3 Å². The summed E-state index contributed by atoms with van der Waals surface area (Å²) in [4.78, 5) is 25.7. The number of carboxylic acid groups (broad SMARTS) is 1. The molecule has 1 aromatic carbocycles. The van der Waals surface area contributed by atoms with Gasteiger partial charge in [-0.15, -0.1) is 0 Å². The topological polar surface area (TPSA) is 62.5 Å². The molecule has 1 N–H and O–H groups in total. The van der Waals surface area contributed by atoms with Crippen molar-refractivity contribution in [1.29, 1.82) is 0 Å². The van der Waals surface area contributed by atoms with E-state index in [-0.39, 0.29) is 12.5 Å². The molecular formula is C16H16N2O3. The molecule has 3 rings (SSSR count). The van der Waals surface area contributed by atoms with Crippen LogP contribution in [0.25, 0.3) is 0 Å². The fourth-order valence-electron chi connectivity index (χ4n) is 2.82. The van der Waals surface area contributed by atoms with E-state index >= 15 is 0 Å². The maximum Gasteiger partial charge on any atom is 0.312 e. The van der Waals surface area contributed by atoms with Gasteiger partial charge >= 0.3 is 5.97 Å². The highest BCUT2D eigenvalue weighted by atomic mass is 16.4. The number of hydrogen-bond acceptors (Lipinski definition) is 2. The average molecular weight is 284 g/mol. The van der Waals surface area contributed by atoms with Gasteiger partial charge in [0.05, 0.1) is 5.92 Å².